The summed E-state index contributed by atoms with van der Waals surface area (Å²) in [4.78, 5) is 4.35. The standard InChI is InChI=1S/C20H22ClN3O3S/c1-27-16-6-4-15(5-7-16)10-12-22-13-14-24-28(25,26)19-9-8-18(21)20-17(19)3-2-11-23-20/h2-9,11,22,24H,10,12-14H2,1H3. The number of pyridine rings is 1. The Morgan fingerprint density at radius 2 is 1.82 bits per heavy atom. The van der Waals surface area contributed by atoms with Crippen LogP contribution in [0.2, 0.25) is 5.02 Å². The zero-order valence-electron chi connectivity index (χ0n) is 15.5. The summed E-state index contributed by atoms with van der Waals surface area (Å²) in [5, 5.41) is 4.18. The van der Waals surface area contributed by atoms with Crippen LogP contribution in [0.1, 0.15) is 5.56 Å². The summed E-state index contributed by atoms with van der Waals surface area (Å²) in [5.74, 6) is 0.830. The molecule has 1 aromatic heterocycles. The topological polar surface area (TPSA) is 80.3 Å². The van der Waals surface area contributed by atoms with E-state index in [9.17, 15) is 8.42 Å². The van der Waals surface area contributed by atoms with Gasteiger partial charge in [-0.15, -0.1) is 0 Å². The zero-order valence-corrected chi connectivity index (χ0v) is 17.1. The van der Waals surface area contributed by atoms with Gasteiger partial charge in [0.2, 0.25) is 10.0 Å². The van der Waals surface area contributed by atoms with Gasteiger partial charge in [-0.1, -0.05) is 23.7 Å². The number of rotatable bonds is 9. The fourth-order valence-electron chi connectivity index (χ4n) is 2.85. The summed E-state index contributed by atoms with van der Waals surface area (Å²) < 4.78 is 33.1. The van der Waals surface area contributed by atoms with Crippen molar-refractivity contribution in [3.63, 3.8) is 0 Å². The third-order valence-corrected chi connectivity index (χ3v) is 6.14. The molecule has 0 saturated carbocycles. The predicted octanol–water partition coefficient (Wildman–Crippen LogP) is 3.01. The van der Waals surface area contributed by atoms with Crippen molar-refractivity contribution in [3.8, 4) is 5.75 Å². The van der Waals surface area contributed by atoms with E-state index in [4.69, 9.17) is 16.3 Å². The fraction of sp³-hybridized carbons (Fsp3) is 0.250. The van der Waals surface area contributed by atoms with Crippen LogP contribution in [0.25, 0.3) is 10.9 Å². The number of benzene rings is 2. The Balaban J connectivity index is 1.51. The normalized spacial score (nSPS) is 11.6. The van der Waals surface area contributed by atoms with Crippen LogP contribution in [-0.2, 0) is 16.4 Å². The molecule has 8 heteroatoms. The predicted molar refractivity (Wildman–Crippen MR) is 112 cm³/mol. The minimum atomic E-state index is -3.65. The number of ether oxygens (including phenoxy) is 1. The van der Waals surface area contributed by atoms with Gasteiger partial charge in [0.1, 0.15) is 5.75 Å². The first-order valence-electron chi connectivity index (χ1n) is 8.88. The minimum Gasteiger partial charge on any atom is -0.497 e. The first-order valence-corrected chi connectivity index (χ1v) is 10.7. The van der Waals surface area contributed by atoms with Crippen molar-refractivity contribution in [3.05, 3.63) is 65.3 Å². The second kappa shape index (κ2) is 9.34. The average molecular weight is 420 g/mol. The Morgan fingerprint density at radius 3 is 2.57 bits per heavy atom. The van der Waals surface area contributed by atoms with E-state index in [0.29, 0.717) is 22.5 Å². The van der Waals surface area contributed by atoms with Gasteiger partial charge in [0.15, 0.2) is 0 Å². The molecule has 0 aliphatic rings. The Bertz CT molecular complexity index is 1040. The van der Waals surface area contributed by atoms with Gasteiger partial charge in [0, 0.05) is 24.7 Å². The molecule has 0 amide bonds. The summed E-state index contributed by atoms with van der Waals surface area (Å²) >= 11 is 6.11. The number of nitrogens with zero attached hydrogens (tertiary/aromatic N) is 1. The monoisotopic (exact) mass is 419 g/mol. The van der Waals surface area contributed by atoms with Gasteiger partial charge in [0.25, 0.3) is 0 Å². The van der Waals surface area contributed by atoms with Crippen molar-refractivity contribution in [1.82, 2.24) is 15.0 Å². The molecule has 3 aromatic rings. The van der Waals surface area contributed by atoms with Crippen LogP contribution in [0.3, 0.4) is 0 Å². The first kappa shape index (κ1) is 20.5. The van der Waals surface area contributed by atoms with Gasteiger partial charge < -0.3 is 10.1 Å². The summed E-state index contributed by atoms with van der Waals surface area (Å²) in [5.41, 5.74) is 1.67. The lowest BCUT2D eigenvalue weighted by atomic mass is 10.1. The highest BCUT2D eigenvalue weighted by Gasteiger charge is 2.18. The lowest BCUT2D eigenvalue weighted by molar-refractivity contribution is 0.414. The molecule has 0 atom stereocenters. The second-order valence-corrected chi connectivity index (χ2v) is 8.33. The first-order chi connectivity index (χ1) is 13.5. The van der Waals surface area contributed by atoms with Crippen LogP contribution in [0.5, 0.6) is 5.75 Å². The molecular weight excluding hydrogens is 398 g/mol. The summed E-state index contributed by atoms with van der Waals surface area (Å²) in [6, 6.07) is 14.3. The lowest BCUT2D eigenvalue weighted by Gasteiger charge is -2.11. The van der Waals surface area contributed by atoms with Crippen LogP contribution >= 0.6 is 11.6 Å². The van der Waals surface area contributed by atoms with Crippen molar-refractivity contribution >= 4 is 32.5 Å². The third kappa shape index (κ3) is 4.99. The van der Waals surface area contributed by atoms with E-state index in [1.165, 1.54) is 11.6 Å². The molecule has 2 N–H and O–H groups in total. The Kier molecular flexibility index (Phi) is 6.85. The van der Waals surface area contributed by atoms with Gasteiger partial charge in [-0.25, -0.2) is 13.1 Å². The van der Waals surface area contributed by atoms with Gasteiger partial charge in [-0.2, -0.15) is 0 Å². The molecule has 0 aliphatic heterocycles. The van der Waals surface area contributed by atoms with E-state index >= 15 is 0 Å². The van der Waals surface area contributed by atoms with Crippen molar-refractivity contribution < 1.29 is 13.2 Å². The molecule has 0 spiro atoms. The molecule has 0 aliphatic carbocycles. The number of aromatic nitrogens is 1. The number of fused-ring (bicyclic) bond motifs is 1. The number of nitrogens with one attached hydrogen (secondary N) is 2. The van der Waals surface area contributed by atoms with Crippen molar-refractivity contribution in [2.45, 2.75) is 11.3 Å². The maximum Gasteiger partial charge on any atom is 0.241 e. The van der Waals surface area contributed by atoms with Crippen LogP contribution in [0.15, 0.2) is 59.6 Å². The van der Waals surface area contributed by atoms with E-state index < -0.39 is 10.0 Å². The quantitative estimate of drug-likeness (QED) is 0.521. The van der Waals surface area contributed by atoms with E-state index in [1.807, 2.05) is 24.3 Å². The number of sulfonamides is 1. The van der Waals surface area contributed by atoms with Gasteiger partial charge in [0.05, 0.1) is 22.5 Å². The SMILES string of the molecule is COc1ccc(CCNCCNS(=O)(=O)c2ccc(Cl)c3ncccc23)cc1. The number of halogens is 1. The van der Waals surface area contributed by atoms with E-state index in [-0.39, 0.29) is 11.4 Å². The number of hydrogen-bond acceptors (Lipinski definition) is 5. The number of methoxy groups -OCH3 is 1. The number of hydrogen-bond donors (Lipinski definition) is 2. The molecule has 0 bridgehead atoms. The van der Waals surface area contributed by atoms with Crippen LogP contribution in [0, 0.1) is 0 Å². The molecule has 148 valence electrons. The molecule has 28 heavy (non-hydrogen) atoms. The van der Waals surface area contributed by atoms with Gasteiger partial charge in [-0.3, -0.25) is 4.98 Å². The molecule has 0 radical (unpaired) electrons. The molecule has 1 heterocycles. The maximum atomic E-state index is 12.7. The Labute approximate surface area is 169 Å². The fourth-order valence-corrected chi connectivity index (χ4v) is 4.29. The molecular formula is C20H22ClN3O3S. The maximum absolute atomic E-state index is 12.7. The Hall–Kier alpha value is -2.19. The highest BCUT2D eigenvalue weighted by atomic mass is 35.5. The lowest BCUT2D eigenvalue weighted by Crippen LogP contribution is -2.32. The smallest absolute Gasteiger partial charge is 0.241 e. The highest BCUT2D eigenvalue weighted by molar-refractivity contribution is 7.89. The van der Waals surface area contributed by atoms with E-state index in [0.717, 1.165) is 18.7 Å². The van der Waals surface area contributed by atoms with Crippen molar-refractivity contribution in [2.75, 3.05) is 26.7 Å². The molecule has 0 saturated heterocycles. The summed E-state index contributed by atoms with van der Waals surface area (Å²) in [7, 11) is -2.01. The van der Waals surface area contributed by atoms with E-state index in [2.05, 4.69) is 15.0 Å². The highest BCUT2D eigenvalue weighted by Crippen LogP contribution is 2.27. The largest absolute Gasteiger partial charge is 0.497 e. The molecule has 0 fully saturated rings. The second-order valence-electron chi connectivity index (χ2n) is 6.19. The van der Waals surface area contributed by atoms with Crippen LogP contribution in [0.4, 0.5) is 0 Å². The molecule has 2 aromatic carbocycles. The van der Waals surface area contributed by atoms with Crippen molar-refractivity contribution in [2.24, 2.45) is 0 Å². The van der Waals surface area contributed by atoms with Crippen LogP contribution < -0.4 is 14.8 Å². The third-order valence-electron chi connectivity index (χ3n) is 4.31. The van der Waals surface area contributed by atoms with Crippen LogP contribution in [-0.4, -0.2) is 40.1 Å². The average Bonchev–Trinajstić information content (AvgIpc) is 2.71. The van der Waals surface area contributed by atoms with E-state index in [1.54, 1.807) is 31.5 Å². The summed E-state index contributed by atoms with van der Waals surface area (Å²) in [6.45, 7) is 1.57. The molecule has 0 unspecified atom stereocenters. The molecule has 6 nitrogen and oxygen atoms in total. The van der Waals surface area contributed by atoms with Gasteiger partial charge >= 0.3 is 0 Å². The summed E-state index contributed by atoms with van der Waals surface area (Å²) in [6.07, 6.45) is 2.44. The van der Waals surface area contributed by atoms with Crippen molar-refractivity contribution in [1.29, 1.82) is 0 Å². The van der Waals surface area contributed by atoms with Gasteiger partial charge in [-0.05, 0) is 54.9 Å². The zero-order chi connectivity index (χ0) is 20.0. The molecule has 3 rings (SSSR count). The Morgan fingerprint density at radius 1 is 1.04 bits per heavy atom. The minimum absolute atomic E-state index is 0.179.